The number of anilines is 1. The lowest BCUT2D eigenvalue weighted by molar-refractivity contribution is 0.0799. The molecule has 8 nitrogen and oxygen atoms in total. The Balaban J connectivity index is 1.41. The van der Waals surface area contributed by atoms with Crippen LogP contribution in [0.2, 0.25) is 0 Å². The summed E-state index contributed by atoms with van der Waals surface area (Å²) in [6, 6.07) is 4.81. The van der Waals surface area contributed by atoms with Crippen LogP contribution in [-0.2, 0) is 0 Å². The van der Waals surface area contributed by atoms with Gasteiger partial charge in [0.1, 0.15) is 23.3 Å². The number of phenols is 1. The van der Waals surface area contributed by atoms with Gasteiger partial charge < -0.3 is 24.6 Å². The maximum absolute atomic E-state index is 14.9. The summed E-state index contributed by atoms with van der Waals surface area (Å²) in [5.41, 5.74) is 1.37. The summed E-state index contributed by atoms with van der Waals surface area (Å²) in [5, 5.41) is 14.5. The number of phenolic OH excluding ortho intramolecular Hbond substituents is 1. The van der Waals surface area contributed by atoms with Crippen molar-refractivity contribution >= 4 is 22.7 Å². The van der Waals surface area contributed by atoms with E-state index in [-0.39, 0.29) is 29.5 Å². The van der Waals surface area contributed by atoms with Crippen LogP contribution in [0, 0.1) is 0 Å². The van der Waals surface area contributed by atoms with Gasteiger partial charge >= 0.3 is 0 Å². The minimum absolute atomic E-state index is 0.0105. The zero-order chi connectivity index (χ0) is 22.6. The number of benzene rings is 1. The summed E-state index contributed by atoms with van der Waals surface area (Å²) in [7, 11) is 5.14. The molecule has 2 N–H and O–H groups in total. The highest BCUT2D eigenvalue weighted by Gasteiger charge is 2.43. The molecule has 168 valence electrons. The molecule has 0 radical (unpaired) electrons. The molecule has 2 aromatic heterocycles. The second-order valence-electron chi connectivity index (χ2n) is 8.88. The number of carbonyl (C=O) groups is 1. The molecule has 2 unspecified atom stereocenters. The molecule has 32 heavy (non-hydrogen) atoms. The zero-order valence-corrected chi connectivity index (χ0v) is 18.2. The highest BCUT2D eigenvalue weighted by atomic mass is 19.1. The second-order valence-corrected chi connectivity index (χ2v) is 8.88. The zero-order valence-electron chi connectivity index (χ0n) is 18.2. The second kappa shape index (κ2) is 7.74. The van der Waals surface area contributed by atoms with Crippen LogP contribution in [0.15, 0.2) is 35.0 Å². The highest BCUT2D eigenvalue weighted by molar-refractivity contribution is 5.97. The van der Waals surface area contributed by atoms with Crippen LogP contribution in [0.4, 0.5) is 10.2 Å². The van der Waals surface area contributed by atoms with E-state index in [2.05, 4.69) is 15.3 Å². The van der Waals surface area contributed by atoms with Gasteiger partial charge in [-0.25, -0.2) is 9.37 Å². The smallest absolute Gasteiger partial charge is 0.289 e. The van der Waals surface area contributed by atoms with E-state index in [1.54, 1.807) is 44.7 Å². The third kappa shape index (κ3) is 3.46. The highest BCUT2D eigenvalue weighted by Crippen LogP contribution is 2.35. The Labute approximate surface area is 185 Å². The summed E-state index contributed by atoms with van der Waals surface area (Å²) < 4.78 is 20.6. The Kier molecular flexibility index (Phi) is 5.00. The Hall–Kier alpha value is -3.20. The Morgan fingerprint density at radius 1 is 1.19 bits per heavy atom. The summed E-state index contributed by atoms with van der Waals surface area (Å²) in [4.78, 5) is 24.4. The van der Waals surface area contributed by atoms with E-state index >= 15 is 0 Å². The number of rotatable bonds is 4. The molecule has 4 heterocycles. The maximum Gasteiger partial charge on any atom is 0.289 e. The summed E-state index contributed by atoms with van der Waals surface area (Å²) in [6.07, 6.45) is 4.82. The van der Waals surface area contributed by atoms with E-state index in [1.807, 2.05) is 11.9 Å². The topological polar surface area (TPSA) is 94.7 Å². The van der Waals surface area contributed by atoms with Crippen molar-refractivity contribution < 1.29 is 18.7 Å². The number of nitrogens with one attached hydrogen (secondary N) is 1. The van der Waals surface area contributed by atoms with Crippen molar-refractivity contribution in [2.24, 2.45) is 0 Å². The Bertz CT molecular complexity index is 1160. The van der Waals surface area contributed by atoms with Crippen LogP contribution < -0.4 is 10.2 Å². The first-order chi connectivity index (χ1) is 15.3. The van der Waals surface area contributed by atoms with E-state index < -0.39 is 6.17 Å². The van der Waals surface area contributed by atoms with Gasteiger partial charge in [-0.15, -0.1) is 0 Å². The summed E-state index contributed by atoms with van der Waals surface area (Å²) in [6.45, 7) is 0. The molecule has 2 aliphatic heterocycles. The lowest BCUT2D eigenvalue weighted by atomic mass is 9.96. The SMILES string of the molecule is CN(C)C(=O)c1cc2cc(O)c(-c3cnc(N(C)[C@H]4CC5CCC(N5)[C@H]4F)cn3)cc2o1. The number of hydrogen-bond acceptors (Lipinski definition) is 7. The Morgan fingerprint density at radius 2 is 2.00 bits per heavy atom. The van der Waals surface area contributed by atoms with E-state index in [0.29, 0.717) is 34.1 Å². The van der Waals surface area contributed by atoms with Gasteiger partial charge in [0.05, 0.1) is 24.1 Å². The fourth-order valence-corrected chi connectivity index (χ4v) is 4.77. The molecular formula is C23H26FN5O3. The van der Waals surface area contributed by atoms with Crippen LogP contribution in [0.5, 0.6) is 5.75 Å². The Morgan fingerprint density at radius 3 is 2.72 bits per heavy atom. The largest absolute Gasteiger partial charge is 0.507 e. The van der Waals surface area contributed by atoms with Crippen molar-refractivity contribution in [1.29, 1.82) is 0 Å². The first kappa shape index (κ1) is 20.7. The quantitative estimate of drug-likeness (QED) is 0.645. The average Bonchev–Trinajstić information content (AvgIpc) is 3.39. The van der Waals surface area contributed by atoms with Crippen LogP contribution in [-0.4, -0.2) is 71.3 Å². The molecule has 0 aliphatic carbocycles. The van der Waals surface area contributed by atoms with Gasteiger partial charge in [0.25, 0.3) is 5.91 Å². The number of piperidine rings is 1. The standard InChI is InChI=1S/C23H26FN5O3/c1-28(2)23(31)20-7-12-6-18(30)14(9-19(12)32-20)16-10-26-21(11-25-16)29(3)17-8-13-4-5-15(27-13)22(17)24/h6-7,9-11,13,15,17,22,27,30H,4-5,8H2,1-3H3/t13?,15?,17-,22+/m0/s1. The first-order valence-electron chi connectivity index (χ1n) is 10.8. The summed E-state index contributed by atoms with van der Waals surface area (Å²) in [5.74, 6) is 0.532. The van der Waals surface area contributed by atoms with Gasteiger partial charge in [0.2, 0.25) is 0 Å². The van der Waals surface area contributed by atoms with E-state index in [0.717, 1.165) is 19.3 Å². The van der Waals surface area contributed by atoms with Gasteiger partial charge in [-0.3, -0.25) is 9.78 Å². The number of fused-ring (bicyclic) bond motifs is 3. The lowest BCUT2D eigenvalue weighted by Crippen LogP contribution is -2.55. The van der Waals surface area contributed by atoms with E-state index in [4.69, 9.17) is 4.42 Å². The molecule has 3 aromatic rings. The maximum atomic E-state index is 14.9. The van der Waals surface area contributed by atoms with Crippen molar-refractivity contribution in [2.45, 2.75) is 43.6 Å². The normalized spacial score (nSPS) is 24.6. The number of nitrogens with zero attached hydrogens (tertiary/aromatic N) is 4. The third-order valence-electron chi connectivity index (χ3n) is 6.58. The minimum atomic E-state index is -0.954. The van der Waals surface area contributed by atoms with Gasteiger partial charge in [0.15, 0.2) is 5.76 Å². The number of aromatic hydroxyl groups is 1. The number of alkyl halides is 1. The third-order valence-corrected chi connectivity index (χ3v) is 6.58. The monoisotopic (exact) mass is 439 g/mol. The number of aromatic nitrogens is 2. The molecular weight excluding hydrogens is 413 g/mol. The van der Waals surface area contributed by atoms with Gasteiger partial charge in [-0.2, -0.15) is 0 Å². The minimum Gasteiger partial charge on any atom is -0.507 e. The van der Waals surface area contributed by atoms with Crippen LogP contribution >= 0.6 is 0 Å². The summed E-state index contributed by atoms with van der Waals surface area (Å²) >= 11 is 0. The predicted molar refractivity (Wildman–Crippen MR) is 119 cm³/mol. The molecule has 2 fully saturated rings. The molecule has 1 amide bonds. The molecule has 2 aliphatic rings. The fourth-order valence-electron chi connectivity index (χ4n) is 4.77. The average molecular weight is 439 g/mol. The molecule has 0 spiro atoms. The van der Waals surface area contributed by atoms with Crippen LogP contribution in [0.3, 0.4) is 0 Å². The van der Waals surface area contributed by atoms with Crippen molar-refractivity contribution in [1.82, 2.24) is 20.2 Å². The number of halogens is 1. The van der Waals surface area contributed by atoms with Crippen LogP contribution in [0.1, 0.15) is 29.8 Å². The predicted octanol–water partition coefficient (Wildman–Crippen LogP) is 2.96. The fraction of sp³-hybridized carbons (Fsp3) is 0.435. The van der Waals surface area contributed by atoms with Crippen molar-refractivity contribution in [3.8, 4) is 17.0 Å². The lowest BCUT2D eigenvalue weighted by Gasteiger charge is -2.38. The van der Waals surface area contributed by atoms with E-state index in [1.165, 1.54) is 4.90 Å². The molecule has 1 aromatic carbocycles. The molecule has 0 saturated carbocycles. The molecule has 5 rings (SSSR count). The molecule has 4 atom stereocenters. The van der Waals surface area contributed by atoms with Gasteiger partial charge in [0, 0.05) is 44.2 Å². The number of hydrogen-bond donors (Lipinski definition) is 2. The number of amides is 1. The first-order valence-corrected chi connectivity index (χ1v) is 10.8. The van der Waals surface area contributed by atoms with E-state index in [9.17, 15) is 14.3 Å². The molecule has 9 heteroatoms. The van der Waals surface area contributed by atoms with Gasteiger partial charge in [-0.05, 0) is 37.5 Å². The molecule has 2 bridgehead atoms. The van der Waals surface area contributed by atoms with Crippen molar-refractivity contribution in [2.75, 3.05) is 26.0 Å². The number of furan rings is 1. The van der Waals surface area contributed by atoms with Crippen molar-refractivity contribution in [3.63, 3.8) is 0 Å². The van der Waals surface area contributed by atoms with Crippen LogP contribution in [0.25, 0.3) is 22.2 Å². The van der Waals surface area contributed by atoms with Crippen molar-refractivity contribution in [3.05, 3.63) is 36.4 Å². The molecule has 2 saturated heterocycles. The number of carbonyl (C=O) groups excluding carboxylic acids is 1. The van der Waals surface area contributed by atoms with Gasteiger partial charge in [-0.1, -0.05) is 0 Å².